The van der Waals surface area contributed by atoms with Crippen LogP contribution in [0.15, 0.2) is 24.3 Å². The van der Waals surface area contributed by atoms with Gasteiger partial charge < -0.3 is 15.0 Å². The van der Waals surface area contributed by atoms with Crippen LogP contribution in [0, 0.1) is 0 Å². The fourth-order valence-electron chi connectivity index (χ4n) is 2.74. The summed E-state index contributed by atoms with van der Waals surface area (Å²) in [5.74, 6) is 2.39. The molecule has 0 aromatic heterocycles. The van der Waals surface area contributed by atoms with Crippen molar-refractivity contribution in [2.45, 2.75) is 6.54 Å². The number of hydrogen-bond acceptors (Lipinski definition) is 4. The molecular formula is C16H23N3O2S. The van der Waals surface area contributed by atoms with Gasteiger partial charge in [0.25, 0.3) is 0 Å². The lowest BCUT2D eigenvalue weighted by atomic mass is 10.1. The van der Waals surface area contributed by atoms with E-state index in [0.29, 0.717) is 26.3 Å². The number of carbonyl (C=O) groups excluding carboxylic acids is 1. The molecule has 1 aromatic carbocycles. The molecule has 2 aliphatic rings. The van der Waals surface area contributed by atoms with Crippen molar-refractivity contribution in [3.8, 4) is 0 Å². The first-order chi connectivity index (χ1) is 10.8. The van der Waals surface area contributed by atoms with Crippen LogP contribution in [0.5, 0.6) is 0 Å². The number of morpholine rings is 1. The molecule has 6 heteroatoms. The molecular weight excluding hydrogens is 298 g/mol. The average Bonchev–Trinajstić information content (AvgIpc) is 2.58. The lowest BCUT2D eigenvalue weighted by molar-refractivity contribution is 0.0564. The average molecular weight is 321 g/mol. The van der Waals surface area contributed by atoms with Crippen molar-refractivity contribution in [3.05, 3.63) is 29.8 Å². The van der Waals surface area contributed by atoms with E-state index >= 15 is 0 Å². The maximum Gasteiger partial charge on any atom is 0.322 e. The number of urea groups is 1. The first kappa shape index (κ1) is 15.6. The molecule has 1 N–H and O–H groups in total. The number of amides is 2. The van der Waals surface area contributed by atoms with Crippen LogP contribution in [0.25, 0.3) is 0 Å². The van der Waals surface area contributed by atoms with E-state index in [1.165, 1.54) is 17.1 Å². The molecule has 1 aromatic rings. The van der Waals surface area contributed by atoms with Gasteiger partial charge in [0, 0.05) is 49.9 Å². The molecule has 0 unspecified atom stereocenters. The van der Waals surface area contributed by atoms with Gasteiger partial charge in [0.2, 0.25) is 0 Å². The van der Waals surface area contributed by atoms with Gasteiger partial charge in [0.15, 0.2) is 0 Å². The molecule has 22 heavy (non-hydrogen) atoms. The van der Waals surface area contributed by atoms with Gasteiger partial charge in [-0.15, -0.1) is 0 Å². The highest BCUT2D eigenvalue weighted by molar-refractivity contribution is 7.99. The van der Waals surface area contributed by atoms with E-state index in [0.717, 1.165) is 25.3 Å². The summed E-state index contributed by atoms with van der Waals surface area (Å²) >= 11 is 2.01. The second kappa shape index (κ2) is 7.85. The maximum absolute atomic E-state index is 12.4. The topological polar surface area (TPSA) is 44.8 Å². The lowest BCUT2D eigenvalue weighted by Crippen LogP contribution is -2.43. The van der Waals surface area contributed by atoms with Gasteiger partial charge >= 0.3 is 6.03 Å². The minimum Gasteiger partial charge on any atom is -0.378 e. The first-order valence-corrected chi connectivity index (χ1v) is 9.00. The van der Waals surface area contributed by atoms with Gasteiger partial charge in [-0.05, 0) is 11.6 Å². The quantitative estimate of drug-likeness (QED) is 0.926. The maximum atomic E-state index is 12.4. The van der Waals surface area contributed by atoms with Crippen LogP contribution in [-0.2, 0) is 11.3 Å². The Hall–Kier alpha value is -1.24. The Balaban J connectivity index is 1.63. The molecule has 2 heterocycles. The highest BCUT2D eigenvalue weighted by atomic mass is 32.2. The molecule has 2 fully saturated rings. The molecule has 0 spiro atoms. The largest absolute Gasteiger partial charge is 0.378 e. The molecule has 2 saturated heterocycles. The second-order valence-corrected chi connectivity index (χ2v) is 6.80. The summed E-state index contributed by atoms with van der Waals surface area (Å²) in [6.45, 7) is 5.72. The van der Waals surface area contributed by atoms with E-state index in [-0.39, 0.29) is 6.03 Å². The monoisotopic (exact) mass is 321 g/mol. The third kappa shape index (κ3) is 4.15. The van der Waals surface area contributed by atoms with Gasteiger partial charge in [0.05, 0.1) is 13.2 Å². The molecule has 0 aliphatic carbocycles. The number of para-hydroxylation sites is 1. The van der Waals surface area contributed by atoms with E-state index in [1.807, 2.05) is 34.9 Å². The van der Waals surface area contributed by atoms with E-state index in [2.05, 4.69) is 16.3 Å². The summed E-state index contributed by atoms with van der Waals surface area (Å²) < 4.78 is 5.29. The Morgan fingerprint density at radius 1 is 1.14 bits per heavy atom. The van der Waals surface area contributed by atoms with Gasteiger partial charge in [-0.1, -0.05) is 18.2 Å². The van der Waals surface area contributed by atoms with Crippen LogP contribution in [-0.4, -0.2) is 66.7 Å². The predicted molar refractivity (Wildman–Crippen MR) is 90.5 cm³/mol. The van der Waals surface area contributed by atoms with Gasteiger partial charge in [-0.25, -0.2) is 4.79 Å². The molecule has 2 aliphatic heterocycles. The number of thioether (sulfide) groups is 1. The Morgan fingerprint density at radius 2 is 1.86 bits per heavy atom. The molecule has 0 atom stereocenters. The Labute approximate surface area is 136 Å². The van der Waals surface area contributed by atoms with E-state index in [1.54, 1.807) is 0 Å². The third-order valence-electron chi connectivity index (χ3n) is 4.05. The highest BCUT2D eigenvalue weighted by Gasteiger charge is 2.18. The molecule has 2 amide bonds. The van der Waals surface area contributed by atoms with Crippen molar-refractivity contribution in [2.75, 3.05) is 56.2 Å². The van der Waals surface area contributed by atoms with Gasteiger partial charge in [0.1, 0.15) is 0 Å². The van der Waals surface area contributed by atoms with Crippen LogP contribution >= 0.6 is 11.8 Å². The number of benzene rings is 1. The predicted octanol–water partition coefficient (Wildman–Crippen LogP) is 2.10. The Morgan fingerprint density at radius 3 is 2.64 bits per heavy atom. The van der Waals surface area contributed by atoms with Crippen molar-refractivity contribution in [1.82, 2.24) is 9.80 Å². The number of carbonyl (C=O) groups is 1. The van der Waals surface area contributed by atoms with Crippen molar-refractivity contribution in [3.63, 3.8) is 0 Å². The number of anilines is 1. The SMILES string of the molecule is O=C(Nc1ccccc1CN1CCSCC1)N1CCOCC1. The second-order valence-electron chi connectivity index (χ2n) is 5.58. The molecule has 3 rings (SSSR count). The summed E-state index contributed by atoms with van der Waals surface area (Å²) in [6.07, 6.45) is 0. The fraction of sp³-hybridized carbons (Fsp3) is 0.562. The minimum absolute atomic E-state index is 0.0232. The van der Waals surface area contributed by atoms with Crippen LogP contribution < -0.4 is 5.32 Å². The lowest BCUT2D eigenvalue weighted by Gasteiger charge is -2.29. The first-order valence-electron chi connectivity index (χ1n) is 7.84. The van der Waals surface area contributed by atoms with Crippen LogP contribution in [0.3, 0.4) is 0 Å². The van der Waals surface area contributed by atoms with Gasteiger partial charge in [-0.2, -0.15) is 11.8 Å². The molecule has 0 saturated carbocycles. The Bertz CT molecular complexity index is 500. The summed E-state index contributed by atoms with van der Waals surface area (Å²) in [7, 11) is 0. The number of rotatable bonds is 3. The van der Waals surface area contributed by atoms with Crippen LogP contribution in [0.1, 0.15) is 5.56 Å². The standard InChI is InChI=1S/C16H23N3O2S/c20-16(19-5-9-21-10-6-19)17-15-4-2-1-3-14(15)13-18-7-11-22-12-8-18/h1-4H,5-13H2,(H,17,20). The zero-order chi connectivity index (χ0) is 15.2. The molecule has 0 radical (unpaired) electrons. The summed E-state index contributed by atoms with van der Waals surface area (Å²) in [4.78, 5) is 16.6. The number of nitrogens with one attached hydrogen (secondary N) is 1. The molecule has 5 nitrogen and oxygen atoms in total. The third-order valence-corrected chi connectivity index (χ3v) is 5.00. The zero-order valence-corrected chi connectivity index (χ0v) is 13.6. The molecule has 0 bridgehead atoms. The van der Waals surface area contributed by atoms with Crippen LogP contribution in [0.2, 0.25) is 0 Å². The normalized spacial score (nSPS) is 19.9. The number of nitrogens with zero attached hydrogens (tertiary/aromatic N) is 2. The molecule has 120 valence electrons. The van der Waals surface area contributed by atoms with Crippen molar-refractivity contribution in [1.29, 1.82) is 0 Å². The van der Waals surface area contributed by atoms with Crippen molar-refractivity contribution < 1.29 is 9.53 Å². The highest BCUT2D eigenvalue weighted by Crippen LogP contribution is 2.20. The smallest absolute Gasteiger partial charge is 0.322 e. The summed E-state index contributed by atoms with van der Waals surface area (Å²) in [5, 5.41) is 3.07. The number of hydrogen-bond donors (Lipinski definition) is 1. The Kier molecular flexibility index (Phi) is 5.58. The van der Waals surface area contributed by atoms with Gasteiger partial charge in [-0.3, -0.25) is 4.90 Å². The van der Waals surface area contributed by atoms with E-state index in [9.17, 15) is 4.79 Å². The van der Waals surface area contributed by atoms with Crippen molar-refractivity contribution >= 4 is 23.5 Å². The van der Waals surface area contributed by atoms with Crippen LogP contribution in [0.4, 0.5) is 10.5 Å². The van der Waals surface area contributed by atoms with E-state index < -0.39 is 0 Å². The zero-order valence-electron chi connectivity index (χ0n) is 12.8. The number of ether oxygens (including phenoxy) is 1. The fourth-order valence-corrected chi connectivity index (χ4v) is 3.72. The summed E-state index contributed by atoms with van der Waals surface area (Å²) in [5.41, 5.74) is 2.12. The van der Waals surface area contributed by atoms with Crippen molar-refractivity contribution in [2.24, 2.45) is 0 Å². The summed E-state index contributed by atoms with van der Waals surface area (Å²) in [6, 6.07) is 8.09. The minimum atomic E-state index is -0.0232. The van der Waals surface area contributed by atoms with E-state index in [4.69, 9.17) is 4.74 Å².